The second kappa shape index (κ2) is 7.32. The molecule has 0 radical (unpaired) electrons. The molecule has 2 aromatic heterocycles. The molecule has 6 nitrogen and oxygen atoms in total. The van der Waals surface area contributed by atoms with Gasteiger partial charge in [-0.05, 0) is 52.5 Å². The van der Waals surface area contributed by atoms with Crippen LogP contribution >= 0.6 is 0 Å². The van der Waals surface area contributed by atoms with Gasteiger partial charge in [0.1, 0.15) is 23.2 Å². The van der Waals surface area contributed by atoms with Crippen LogP contribution in [0.25, 0.3) is 11.1 Å². The number of hydrogen-bond acceptors (Lipinski definition) is 6. The van der Waals surface area contributed by atoms with E-state index in [4.69, 9.17) is 20.0 Å². The lowest BCUT2D eigenvalue weighted by atomic mass is 9.81. The second-order valence-electron chi connectivity index (χ2n) is 7.97. The smallest absolute Gasteiger partial charge is 0.142 e. The zero-order valence-electron chi connectivity index (χ0n) is 16.8. The number of pyridine rings is 1. The van der Waals surface area contributed by atoms with E-state index in [1.165, 1.54) is 0 Å². The van der Waals surface area contributed by atoms with Crippen molar-refractivity contribution < 1.29 is 9.26 Å². The van der Waals surface area contributed by atoms with Crippen molar-refractivity contribution in [1.82, 2.24) is 10.1 Å². The van der Waals surface area contributed by atoms with E-state index in [9.17, 15) is 5.26 Å². The summed E-state index contributed by atoms with van der Waals surface area (Å²) in [5.41, 5.74) is 11.1. The van der Waals surface area contributed by atoms with E-state index in [2.05, 4.69) is 32.0 Å². The first-order valence-electron chi connectivity index (χ1n) is 9.58. The van der Waals surface area contributed by atoms with E-state index < -0.39 is 0 Å². The molecule has 1 fully saturated rings. The van der Waals surface area contributed by atoms with E-state index in [1.807, 2.05) is 13.8 Å². The molecular formula is C21H28N4O2. The predicted octanol–water partition coefficient (Wildman–Crippen LogP) is 4.43. The molecule has 1 aliphatic heterocycles. The van der Waals surface area contributed by atoms with Crippen LogP contribution in [-0.2, 0) is 11.2 Å². The number of hydrogen-bond donors (Lipinski definition) is 1. The third-order valence-electron chi connectivity index (χ3n) is 5.34. The van der Waals surface area contributed by atoms with Crippen LogP contribution in [0.1, 0.15) is 74.2 Å². The monoisotopic (exact) mass is 368 g/mol. The number of nitrogens with two attached hydrogens (primary N) is 1. The van der Waals surface area contributed by atoms with Gasteiger partial charge >= 0.3 is 0 Å². The first-order valence-corrected chi connectivity index (χ1v) is 9.58. The Morgan fingerprint density at radius 1 is 1.30 bits per heavy atom. The molecule has 0 saturated carbocycles. The van der Waals surface area contributed by atoms with Crippen LogP contribution in [0.5, 0.6) is 0 Å². The van der Waals surface area contributed by atoms with Crippen molar-refractivity contribution in [3.63, 3.8) is 0 Å². The molecule has 1 aliphatic rings. The Balaban J connectivity index is 2.28. The summed E-state index contributed by atoms with van der Waals surface area (Å²) >= 11 is 0. The van der Waals surface area contributed by atoms with E-state index in [0.717, 1.165) is 53.8 Å². The standard InChI is InChI=1S/C21H28N4O2/c1-6-7-15-18(17-12(2)25-27-13(17)3)16(11-22)20(23)24-19(15)14-8-9-26-21(4,5)10-14/h14H,6-10H2,1-5H3,(H2,23,24). The molecule has 2 N–H and O–H groups in total. The van der Waals surface area contributed by atoms with Crippen LogP contribution in [0, 0.1) is 25.2 Å². The molecule has 3 heterocycles. The van der Waals surface area contributed by atoms with Gasteiger partial charge in [0.15, 0.2) is 0 Å². The van der Waals surface area contributed by atoms with E-state index in [0.29, 0.717) is 17.9 Å². The van der Waals surface area contributed by atoms with Crippen LogP contribution in [0.3, 0.4) is 0 Å². The maximum Gasteiger partial charge on any atom is 0.142 e. The summed E-state index contributed by atoms with van der Waals surface area (Å²) < 4.78 is 11.3. The fourth-order valence-corrected chi connectivity index (χ4v) is 4.20. The van der Waals surface area contributed by atoms with Crippen molar-refractivity contribution in [3.05, 3.63) is 28.3 Å². The highest BCUT2D eigenvalue weighted by atomic mass is 16.5. The maximum absolute atomic E-state index is 9.82. The molecule has 0 aliphatic carbocycles. The number of aromatic nitrogens is 2. The molecule has 1 unspecified atom stereocenters. The molecule has 3 rings (SSSR count). The quantitative estimate of drug-likeness (QED) is 0.857. The molecule has 144 valence electrons. The summed E-state index contributed by atoms with van der Waals surface area (Å²) in [6, 6.07) is 2.27. The number of nitrogen functional groups attached to an aromatic ring is 1. The summed E-state index contributed by atoms with van der Waals surface area (Å²) in [6.45, 7) is 10.8. The molecule has 0 bridgehead atoms. The van der Waals surface area contributed by atoms with Gasteiger partial charge in [-0.1, -0.05) is 18.5 Å². The van der Waals surface area contributed by atoms with Crippen LogP contribution in [-0.4, -0.2) is 22.3 Å². The normalized spacial score (nSPS) is 19.0. The maximum atomic E-state index is 9.82. The molecule has 2 aromatic rings. The van der Waals surface area contributed by atoms with Gasteiger partial charge in [-0.2, -0.15) is 5.26 Å². The number of nitriles is 1. The number of anilines is 1. The molecule has 6 heteroatoms. The van der Waals surface area contributed by atoms with Crippen LogP contribution < -0.4 is 5.73 Å². The summed E-state index contributed by atoms with van der Waals surface area (Å²) in [7, 11) is 0. The van der Waals surface area contributed by atoms with E-state index in [-0.39, 0.29) is 17.3 Å². The molecule has 0 aromatic carbocycles. The first kappa shape index (κ1) is 19.4. The summed E-state index contributed by atoms with van der Waals surface area (Å²) in [6.07, 6.45) is 3.56. The summed E-state index contributed by atoms with van der Waals surface area (Å²) in [4.78, 5) is 4.73. The number of rotatable bonds is 4. The Labute approximate surface area is 160 Å². The second-order valence-corrected chi connectivity index (χ2v) is 7.97. The molecule has 27 heavy (non-hydrogen) atoms. The highest BCUT2D eigenvalue weighted by molar-refractivity contribution is 5.81. The number of ether oxygens (including phenoxy) is 1. The zero-order valence-corrected chi connectivity index (χ0v) is 16.8. The van der Waals surface area contributed by atoms with Crippen LogP contribution in [0.15, 0.2) is 4.52 Å². The average molecular weight is 368 g/mol. The molecule has 1 atom stereocenters. The Hall–Kier alpha value is -2.39. The number of nitrogens with zero attached hydrogens (tertiary/aromatic N) is 3. The fourth-order valence-electron chi connectivity index (χ4n) is 4.20. The van der Waals surface area contributed by atoms with E-state index in [1.54, 1.807) is 0 Å². The highest BCUT2D eigenvalue weighted by Crippen LogP contribution is 2.42. The minimum absolute atomic E-state index is 0.195. The van der Waals surface area contributed by atoms with Crippen LogP contribution in [0.4, 0.5) is 5.82 Å². The molecule has 1 saturated heterocycles. The van der Waals surface area contributed by atoms with Crippen molar-refractivity contribution in [2.45, 2.75) is 71.8 Å². The zero-order chi connectivity index (χ0) is 19.8. The van der Waals surface area contributed by atoms with Crippen molar-refractivity contribution in [1.29, 1.82) is 5.26 Å². The third-order valence-corrected chi connectivity index (χ3v) is 5.34. The number of aryl methyl sites for hydroxylation is 2. The molecule has 0 amide bonds. The minimum Gasteiger partial charge on any atom is -0.383 e. The average Bonchev–Trinajstić information content (AvgIpc) is 2.93. The lowest BCUT2D eigenvalue weighted by Crippen LogP contribution is -2.33. The van der Waals surface area contributed by atoms with Gasteiger partial charge in [0.05, 0.1) is 11.3 Å². The third kappa shape index (κ3) is 3.57. The van der Waals surface area contributed by atoms with Gasteiger partial charge < -0.3 is 15.0 Å². The van der Waals surface area contributed by atoms with E-state index >= 15 is 0 Å². The lowest BCUT2D eigenvalue weighted by Gasteiger charge is -2.36. The lowest BCUT2D eigenvalue weighted by molar-refractivity contribution is -0.0598. The van der Waals surface area contributed by atoms with Gasteiger partial charge in [-0.25, -0.2) is 4.98 Å². The Bertz CT molecular complexity index is 873. The predicted molar refractivity (Wildman–Crippen MR) is 104 cm³/mol. The first-order chi connectivity index (χ1) is 12.8. The summed E-state index contributed by atoms with van der Waals surface area (Å²) in [5, 5.41) is 13.9. The Kier molecular flexibility index (Phi) is 5.25. The Morgan fingerprint density at radius 2 is 2.04 bits per heavy atom. The minimum atomic E-state index is -0.195. The molecule has 0 spiro atoms. The highest BCUT2D eigenvalue weighted by Gasteiger charge is 2.34. The van der Waals surface area contributed by atoms with Gasteiger partial charge in [0.25, 0.3) is 0 Å². The molecular weight excluding hydrogens is 340 g/mol. The Morgan fingerprint density at radius 3 is 2.59 bits per heavy atom. The van der Waals surface area contributed by atoms with Gasteiger partial charge in [0.2, 0.25) is 0 Å². The van der Waals surface area contributed by atoms with Crippen LogP contribution in [0.2, 0.25) is 0 Å². The largest absolute Gasteiger partial charge is 0.383 e. The van der Waals surface area contributed by atoms with Crippen molar-refractivity contribution >= 4 is 5.82 Å². The van der Waals surface area contributed by atoms with Gasteiger partial charge in [-0.15, -0.1) is 0 Å². The van der Waals surface area contributed by atoms with Gasteiger partial charge in [-0.3, -0.25) is 0 Å². The van der Waals surface area contributed by atoms with Crippen molar-refractivity contribution in [3.8, 4) is 17.2 Å². The topological polar surface area (TPSA) is 98.0 Å². The SMILES string of the molecule is CCCc1c(C2CCOC(C)(C)C2)nc(N)c(C#N)c1-c1c(C)noc1C. The van der Waals surface area contributed by atoms with Crippen molar-refractivity contribution in [2.24, 2.45) is 0 Å². The fraction of sp³-hybridized carbons (Fsp3) is 0.571. The summed E-state index contributed by atoms with van der Waals surface area (Å²) in [5.74, 6) is 1.24. The van der Waals surface area contributed by atoms with Crippen molar-refractivity contribution in [2.75, 3.05) is 12.3 Å². The van der Waals surface area contributed by atoms with Gasteiger partial charge in [0, 0.05) is 29.3 Å².